The van der Waals surface area contributed by atoms with E-state index in [0.717, 1.165) is 25.7 Å². The van der Waals surface area contributed by atoms with Gasteiger partial charge in [0.05, 0.1) is 12.6 Å². The predicted molar refractivity (Wildman–Crippen MR) is 104 cm³/mol. The van der Waals surface area contributed by atoms with Gasteiger partial charge in [0.2, 0.25) is 5.91 Å². The van der Waals surface area contributed by atoms with Crippen molar-refractivity contribution in [1.82, 2.24) is 9.47 Å². The lowest BCUT2D eigenvalue weighted by atomic mass is 9.87. The zero-order valence-electron chi connectivity index (χ0n) is 17.4. The number of ether oxygens (including phenoxy) is 1. The van der Waals surface area contributed by atoms with Crippen molar-refractivity contribution in [3.05, 3.63) is 22.5 Å². The molecular formula is C21H32N2O4. The number of carbonyl (C=O) groups is 3. The van der Waals surface area contributed by atoms with Crippen molar-refractivity contribution in [3.63, 3.8) is 0 Å². The van der Waals surface area contributed by atoms with Gasteiger partial charge in [0.1, 0.15) is 5.69 Å². The highest BCUT2D eigenvalue weighted by atomic mass is 16.5. The maximum Gasteiger partial charge on any atom is 0.355 e. The Hall–Kier alpha value is -2.11. The van der Waals surface area contributed by atoms with Crippen molar-refractivity contribution in [1.29, 1.82) is 0 Å². The molecule has 1 heterocycles. The van der Waals surface area contributed by atoms with Gasteiger partial charge in [-0.2, -0.15) is 0 Å². The summed E-state index contributed by atoms with van der Waals surface area (Å²) in [5.41, 5.74) is 2.23. The molecule has 0 radical (unpaired) electrons. The summed E-state index contributed by atoms with van der Waals surface area (Å²) < 4.78 is 6.83. The number of likely N-dealkylation sites (N-methyl/N-ethyl adjacent to an activating group) is 1. The van der Waals surface area contributed by atoms with Crippen molar-refractivity contribution >= 4 is 17.7 Å². The Balaban J connectivity index is 2.27. The van der Waals surface area contributed by atoms with E-state index in [2.05, 4.69) is 0 Å². The Morgan fingerprint density at radius 3 is 2.33 bits per heavy atom. The fourth-order valence-electron chi connectivity index (χ4n) is 4.04. The van der Waals surface area contributed by atoms with Crippen LogP contribution in [-0.4, -0.2) is 46.8 Å². The highest BCUT2D eigenvalue weighted by Gasteiger charge is 2.33. The smallest absolute Gasteiger partial charge is 0.355 e. The van der Waals surface area contributed by atoms with Crippen LogP contribution in [-0.2, 0) is 16.6 Å². The molecule has 1 amide bonds. The highest BCUT2D eigenvalue weighted by Crippen LogP contribution is 2.28. The molecule has 2 rings (SSSR count). The monoisotopic (exact) mass is 376 g/mol. The third-order valence-corrected chi connectivity index (χ3v) is 5.91. The molecule has 6 nitrogen and oxygen atoms in total. The van der Waals surface area contributed by atoms with Gasteiger partial charge in [-0.3, -0.25) is 9.59 Å². The van der Waals surface area contributed by atoms with E-state index < -0.39 is 12.0 Å². The molecule has 0 unspecified atom stereocenters. The standard InChI is InChI=1S/C21H32N2O4/c1-7-27-21(26)18-13(2)17(14(3)22(18)5)19(24)15(4)23(6)20(25)16-11-9-8-10-12-16/h15-16H,7-12H2,1-6H3/t15-/m0/s1. The molecule has 0 bridgehead atoms. The molecule has 1 aliphatic rings. The third-order valence-electron chi connectivity index (χ3n) is 5.91. The minimum atomic E-state index is -0.575. The molecule has 6 heteroatoms. The lowest BCUT2D eigenvalue weighted by Gasteiger charge is -2.30. The first-order valence-electron chi connectivity index (χ1n) is 9.86. The second-order valence-electron chi connectivity index (χ2n) is 7.54. The largest absolute Gasteiger partial charge is 0.461 e. The van der Waals surface area contributed by atoms with Gasteiger partial charge in [-0.1, -0.05) is 19.3 Å². The number of ketones is 1. The number of hydrogen-bond donors (Lipinski definition) is 0. The molecule has 27 heavy (non-hydrogen) atoms. The normalized spacial score (nSPS) is 16.1. The van der Waals surface area contributed by atoms with Gasteiger partial charge in [0.25, 0.3) is 0 Å². The number of rotatable bonds is 6. The molecule has 0 aliphatic heterocycles. The fraction of sp³-hybridized carbons (Fsp3) is 0.667. The lowest BCUT2D eigenvalue weighted by molar-refractivity contribution is -0.136. The van der Waals surface area contributed by atoms with Gasteiger partial charge < -0.3 is 14.2 Å². The van der Waals surface area contributed by atoms with Crippen LogP contribution in [0.1, 0.15) is 78.1 Å². The van der Waals surface area contributed by atoms with Crippen LogP contribution in [0.2, 0.25) is 0 Å². The quantitative estimate of drug-likeness (QED) is 0.563. The summed E-state index contributed by atoms with van der Waals surface area (Å²) in [6.45, 7) is 7.38. The second-order valence-corrected chi connectivity index (χ2v) is 7.54. The summed E-state index contributed by atoms with van der Waals surface area (Å²) in [5, 5.41) is 0. The van der Waals surface area contributed by atoms with Gasteiger partial charge in [-0.25, -0.2) is 4.79 Å². The molecule has 150 valence electrons. The molecule has 1 aromatic heterocycles. The number of Topliss-reactive ketones (excluding diaryl/α,β-unsaturated/α-hetero) is 1. The Morgan fingerprint density at radius 2 is 1.78 bits per heavy atom. The van der Waals surface area contributed by atoms with Crippen LogP contribution in [0.4, 0.5) is 0 Å². The van der Waals surface area contributed by atoms with E-state index >= 15 is 0 Å². The van der Waals surface area contributed by atoms with E-state index in [9.17, 15) is 14.4 Å². The van der Waals surface area contributed by atoms with Crippen molar-refractivity contribution in [2.75, 3.05) is 13.7 Å². The summed E-state index contributed by atoms with van der Waals surface area (Å²) in [5.74, 6) is -0.499. The number of hydrogen-bond acceptors (Lipinski definition) is 4. The van der Waals surface area contributed by atoms with Crippen LogP contribution in [0.5, 0.6) is 0 Å². The van der Waals surface area contributed by atoms with Crippen LogP contribution < -0.4 is 0 Å². The number of esters is 1. The zero-order chi connectivity index (χ0) is 20.3. The highest BCUT2D eigenvalue weighted by molar-refractivity contribution is 6.06. The molecule has 0 N–H and O–H groups in total. The molecule has 0 spiro atoms. The van der Waals surface area contributed by atoms with Gasteiger partial charge >= 0.3 is 5.97 Å². The van der Waals surface area contributed by atoms with E-state index in [1.807, 2.05) is 6.92 Å². The fourth-order valence-corrected chi connectivity index (χ4v) is 4.04. The molecule has 1 aliphatic carbocycles. The zero-order valence-corrected chi connectivity index (χ0v) is 17.4. The van der Waals surface area contributed by atoms with Gasteiger partial charge in [-0.05, 0) is 46.1 Å². The summed E-state index contributed by atoms with van der Waals surface area (Å²) >= 11 is 0. The summed E-state index contributed by atoms with van der Waals surface area (Å²) in [7, 11) is 3.46. The molecule has 1 atom stereocenters. The number of amides is 1. The van der Waals surface area contributed by atoms with Gasteiger partial charge in [0, 0.05) is 31.3 Å². The Labute approximate surface area is 161 Å². The second kappa shape index (κ2) is 8.72. The Morgan fingerprint density at radius 1 is 1.19 bits per heavy atom. The van der Waals surface area contributed by atoms with E-state index in [4.69, 9.17) is 4.74 Å². The third kappa shape index (κ3) is 4.09. The van der Waals surface area contributed by atoms with Crippen LogP contribution in [0.15, 0.2) is 0 Å². The first-order valence-corrected chi connectivity index (χ1v) is 9.86. The van der Waals surface area contributed by atoms with Crippen LogP contribution >= 0.6 is 0 Å². The summed E-state index contributed by atoms with van der Waals surface area (Å²) in [4.78, 5) is 39.9. The van der Waals surface area contributed by atoms with Crippen molar-refractivity contribution < 1.29 is 19.1 Å². The molecule has 1 fully saturated rings. The maximum absolute atomic E-state index is 13.2. The van der Waals surface area contributed by atoms with Crippen molar-refractivity contribution in [2.24, 2.45) is 13.0 Å². The van der Waals surface area contributed by atoms with E-state index in [1.54, 1.807) is 44.3 Å². The summed E-state index contributed by atoms with van der Waals surface area (Å²) in [6, 6.07) is -0.575. The molecule has 0 aromatic carbocycles. The topological polar surface area (TPSA) is 68.6 Å². The first-order chi connectivity index (χ1) is 12.7. The van der Waals surface area contributed by atoms with Crippen LogP contribution in [0, 0.1) is 19.8 Å². The van der Waals surface area contributed by atoms with Gasteiger partial charge in [0.15, 0.2) is 5.78 Å². The SMILES string of the molecule is CCOC(=O)c1c(C)c(C(=O)[C@H](C)N(C)C(=O)C2CCCCC2)c(C)n1C. The molecule has 1 aromatic rings. The first kappa shape index (κ1) is 21.2. The van der Waals surface area contributed by atoms with Crippen LogP contribution in [0.3, 0.4) is 0 Å². The number of carbonyl (C=O) groups excluding carboxylic acids is 3. The molecule has 1 saturated carbocycles. The van der Waals surface area contributed by atoms with Gasteiger partial charge in [-0.15, -0.1) is 0 Å². The lowest BCUT2D eigenvalue weighted by Crippen LogP contribution is -2.44. The maximum atomic E-state index is 13.2. The summed E-state index contributed by atoms with van der Waals surface area (Å²) in [6.07, 6.45) is 5.14. The average Bonchev–Trinajstić information content (AvgIpc) is 2.89. The number of nitrogens with zero attached hydrogens (tertiary/aromatic N) is 2. The predicted octanol–water partition coefficient (Wildman–Crippen LogP) is 3.43. The van der Waals surface area contributed by atoms with E-state index in [0.29, 0.717) is 22.5 Å². The molecular weight excluding hydrogens is 344 g/mol. The van der Waals surface area contributed by atoms with Crippen LogP contribution in [0.25, 0.3) is 0 Å². The minimum absolute atomic E-state index is 0.0204. The van der Waals surface area contributed by atoms with Crippen molar-refractivity contribution in [2.45, 2.75) is 65.8 Å². The molecule has 0 saturated heterocycles. The minimum Gasteiger partial charge on any atom is -0.461 e. The van der Waals surface area contributed by atoms with Crippen molar-refractivity contribution in [3.8, 4) is 0 Å². The Kier molecular flexibility index (Phi) is 6.84. The van der Waals surface area contributed by atoms with E-state index in [-0.39, 0.29) is 24.2 Å². The number of aromatic nitrogens is 1. The average molecular weight is 376 g/mol. The Bertz CT molecular complexity index is 729. The van der Waals surface area contributed by atoms with E-state index in [1.165, 1.54) is 6.42 Å².